The molecule has 0 spiro atoms. The topological polar surface area (TPSA) is 120 Å². The monoisotopic (exact) mass is 562 g/mol. The number of sulfonamides is 1. The van der Waals surface area contributed by atoms with Gasteiger partial charge in [-0.3, -0.25) is 9.29 Å². The summed E-state index contributed by atoms with van der Waals surface area (Å²) in [6, 6.07) is 12.2. The highest BCUT2D eigenvalue weighted by Gasteiger charge is 2.25. The second-order valence-electron chi connectivity index (χ2n) is 10.3. The number of anilines is 1. The van der Waals surface area contributed by atoms with Gasteiger partial charge in [-0.15, -0.1) is 0 Å². The third-order valence-electron chi connectivity index (χ3n) is 7.50. The molecule has 5 rings (SSSR count). The van der Waals surface area contributed by atoms with Crippen molar-refractivity contribution in [3.63, 3.8) is 0 Å². The lowest BCUT2D eigenvalue weighted by Gasteiger charge is -2.24. The Morgan fingerprint density at radius 1 is 1.12 bits per heavy atom. The lowest BCUT2D eigenvalue weighted by Crippen LogP contribution is -2.32. The van der Waals surface area contributed by atoms with E-state index in [1.807, 2.05) is 32.0 Å². The molecule has 2 aromatic carbocycles. The number of hydrogen-bond acceptors (Lipinski definition) is 6. The molecule has 1 aliphatic carbocycles. The third kappa shape index (κ3) is 5.40. The number of benzene rings is 2. The Labute approximate surface area is 232 Å². The minimum Gasteiger partial charge on any atom is -0.408 e. The van der Waals surface area contributed by atoms with Crippen LogP contribution in [0, 0.1) is 37.6 Å². The first kappa shape index (κ1) is 27.6. The molecule has 3 N–H and O–H groups in total. The largest absolute Gasteiger partial charge is 0.420 e. The summed E-state index contributed by atoms with van der Waals surface area (Å²) in [6.45, 7) is 5.50. The standard InChI is InChI=1S/C30H31FN4O4S/c1-18-8-6-10-23(22(18)15-14-21-9-4-5-11-24(21)32)20(3)35-25-16-19(2)27(17-26(25)39-30(35)36)40(37,38)34-29-13-7-12-28(31)33-29/h6-8,10,12-13,16-17,20-21,24H,4-5,9,11,32H2,1-3H3,(H,33,34)/t20-,21+,24+/m1/s1. The number of nitrogens with two attached hydrogens (primary N) is 1. The molecule has 4 aromatic rings. The molecule has 2 aromatic heterocycles. The predicted octanol–water partition coefficient (Wildman–Crippen LogP) is 5.02. The fraction of sp³-hybridized carbons (Fsp3) is 0.333. The van der Waals surface area contributed by atoms with Crippen LogP contribution in [-0.2, 0) is 10.0 Å². The maximum atomic E-state index is 13.5. The van der Waals surface area contributed by atoms with Crippen molar-refractivity contribution in [2.45, 2.75) is 63.4 Å². The molecule has 0 radical (unpaired) electrons. The summed E-state index contributed by atoms with van der Waals surface area (Å²) >= 11 is 0. The maximum absolute atomic E-state index is 13.5. The van der Waals surface area contributed by atoms with Crippen molar-refractivity contribution in [2.24, 2.45) is 11.7 Å². The first-order valence-electron chi connectivity index (χ1n) is 13.2. The van der Waals surface area contributed by atoms with Crippen LogP contribution in [0.5, 0.6) is 0 Å². The van der Waals surface area contributed by atoms with Crippen LogP contribution in [-0.4, -0.2) is 24.0 Å². The number of pyridine rings is 1. The van der Waals surface area contributed by atoms with E-state index in [4.69, 9.17) is 10.2 Å². The molecule has 208 valence electrons. The van der Waals surface area contributed by atoms with Crippen molar-refractivity contribution in [1.82, 2.24) is 9.55 Å². The third-order valence-corrected chi connectivity index (χ3v) is 8.99. The van der Waals surface area contributed by atoms with E-state index >= 15 is 0 Å². The normalized spacial score (nSPS) is 18.2. The molecule has 40 heavy (non-hydrogen) atoms. The molecular weight excluding hydrogens is 531 g/mol. The smallest absolute Gasteiger partial charge is 0.408 e. The van der Waals surface area contributed by atoms with E-state index in [-0.39, 0.29) is 28.3 Å². The molecule has 0 saturated heterocycles. The van der Waals surface area contributed by atoms with Crippen molar-refractivity contribution in [2.75, 3.05) is 4.72 Å². The zero-order valence-electron chi connectivity index (χ0n) is 22.6. The second kappa shape index (κ2) is 10.9. The van der Waals surface area contributed by atoms with Gasteiger partial charge in [-0.25, -0.2) is 18.2 Å². The van der Waals surface area contributed by atoms with Gasteiger partial charge in [-0.05, 0) is 68.5 Å². The van der Waals surface area contributed by atoms with Crippen molar-refractivity contribution in [1.29, 1.82) is 0 Å². The Balaban J connectivity index is 1.54. The SMILES string of the molecule is Cc1cc2c(cc1S(=O)(=O)Nc1cccc(F)n1)oc(=O)n2[C@H](C)c1cccc(C)c1C#C[C@@H]1CCCC[C@@H]1N. The molecule has 0 unspecified atom stereocenters. The molecule has 1 saturated carbocycles. The zero-order chi connectivity index (χ0) is 28.6. The average molecular weight is 563 g/mol. The van der Waals surface area contributed by atoms with E-state index in [1.54, 1.807) is 13.0 Å². The summed E-state index contributed by atoms with van der Waals surface area (Å²) in [6.07, 6.45) is 4.19. The van der Waals surface area contributed by atoms with Crippen LogP contribution in [0.4, 0.5) is 10.2 Å². The average Bonchev–Trinajstić information content (AvgIpc) is 3.22. The number of oxazole rings is 1. The summed E-state index contributed by atoms with van der Waals surface area (Å²) in [7, 11) is -4.14. The maximum Gasteiger partial charge on any atom is 0.420 e. The zero-order valence-corrected chi connectivity index (χ0v) is 23.4. The van der Waals surface area contributed by atoms with Crippen LogP contribution in [0.1, 0.15) is 60.9 Å². The van der Waals surface area contributed by atoms with Gasteiger partial charge in [0.05, 0.1) is 16.5 Å². The molecule has 3 atom stereocenters. The molecule has 10 heteroatoms. The molecule has 0 amide bonds. The van der Waals surface area contributed by atoms with E-state index in [2.05, 4.69) is 21.5 Å². The highest BCUT2D eigenvalue weighted by atomic mass is 32.2. The van der Waals surface area contributed by atoms with Crippen molar-refractivity contribution in [3.05, 3.63) is 87.3 Å². The molecule has 0 bridgehead atoms. The van der Waals surface area contributed by atoms with Crippen LogP contribution in [0.3, 0.4) is 0 Å². The second-order valence-corrected chi connectivity index (χ2v) is 12.0. The van der Waals surface area contributed by atoms with E-state index in [0.29, 0.717) is 11.1 Å². The van der Waals surface area contributed by atoms with Crippen LogP contribution < -0.4 is 16.2 Å². The number of nitrogens with zero attached hydrogens (tertiary/aromatic N) is 2. The highest BCUT2D eigenvalue weighted by molar-refractivity contribution is 7.92. The van der Waals surface area contributed by atoms with Crippen LogP contribution in [0.15, 0.2) is 62.6 Å². The van der Waals surface area contributed by atoms with E-state index in [1.165, 1.54) is 22.8 Å². The minimum absolute atomic E-state index is 0.0613. The first-order valence-corrected chi connectivity index (χ1v) is 14.7. The molecule has 1 fully saturated rings. The lowest BCUT2D eigenvalue weighted by atomic mass is 9.85. The first-order chi connectivity index (χ1) is 19.0. The molecule has 0 aliphatic heterocycles. The van der Waals surface area contributed by atoms with Crippen LogP contribution in [0.25, 0.3) is 11.1 Å². The Morgan fingerprint density at radius 3 is 2.62 bits per heavy atom. The van der Waals surface area contributed by atoms with Crippen molar-refractivity contribution < 1.29 is 17.2 Å². The Morgan fingerprint density at radius 2 is 1.88 bits per heavy atom. The number of nitrogens with one attached hydrogen (secondary N) is 1. The number of fused-ring (bicyclic) bond motifs is 1. The van der Waals surface area contributed by atoms with Gasteiger partial charge in [0, 0.05) is 23.6 Å². The van der Waals surface area contributed by atoms with E-state index in [0.717, 1.165) is 48.4 Å². The van der Waals surface area contributed by atoms with Gasteiger partial charge in [0.25, 0.3) is 10.0 Å². The molecule has 1 aliphatic rings. The van der Waals surface area contributed by atoms with Crippen molar-refractivity contribution >= 4 is 26.9 Å². The van der Waals surface area contributed by atoms with Gasteiger partial charge in [0.2, 0.25) is 5.95 Å². The van der Waals surface area contributed by atoms with Gasteiger partial charge >= 0.3 is 5.76 Å². The summed E-state index contributed by atoms with van der Waals surface area (Å²) in [5, 5.41) is 0. The predicted molar refractivity (Wildman–Crippen MR) is 152 cm³/mol. The Kier molecular flexibility index (Phi) is 7.53. The summed E-state index contributed by atoms with van der Waals surface area (Å²) in [5.41, 5.74) is 9.96. The Bertz CT molecular complexity index is 1820. The van der Waals surface area contributed by atoms with Gasteiger partial charge in [0.1, 0.15) is 5.82 Å². The van der Waals surface area contributed by atoms with Gasteiger partial charge in [-0.2, -0.15) is 4.39 Å². The highest BCUT2D eigenvalue weighted by Crippen LogP contribution is 2.30. The summed E-state index contributed by atoms with van der Waals surface area (Å²) in [4.78, 5) is 16.6. The number of halogens is 1. The lowest BCUT2D eigenvalue weighted by molar-refractivity contribution is 0.372. The number of aromatic nitrogens is 2. The quantitative estimate of drug-likeness (QED) is 0.260. The Hall–Kier alpha value is -3.94. The van der Waals surface area contributed by atoms with Gasteiger partial charge in [-0.1, -0.05) is 48.9 Å². The van der Waals surface area contributed by atoms with Crippen molar-refractivity contribution in [3.8, 4) is 11.8 Å². The number of rotatable bonds is 5. The summed E-state index contributed by atoms with van der Waals surface area (Å²) in [5.74, 6) is 5.29. The van der Waals surface area contributed by atoms with Gasteiger partial charge in [0.15, 0.2) is 5.58 Å². The molecule has 2 heterocycles. The van der Waals surface area contributed by atoms with E-state index < -0.39 is 27.8 Å². The number of hydrogen-bond donors (Lipinski definition) is 2. The van der Waals surface area contributed by atoms with E-state index in [9.17, 15) is 17.6 Å². The fourth-order valence-electron chi connectivity index (χ4n) is 5.33. The molecular formula is C30H31FN4O4S. The fourth-order valence-corrected chi connectivity index (χ4v) is 6.58. The summed E-state index contributed by atoms with van der Waals surface area (Å²) < 4.78 is 49.0. The van der Waals surface area contributed by atoms with Gasteiger partial charge < -0.3 is 10.2 Å². The minimum atomic E-state index is -4.14. The van der Waals surface area contributed by atoms with Crippen LogP contribution >= 0.6 is 0 Å². The number of aryl methyl sites for hydroxylation is 2. The van der Waals surface area contributed by atoms with Crippen LogP contribution in [0.2, 0.25) is 0 Å². The molecule has 8 nitrogen and oxygen atoms in total.